The fourth-order valence-electron chi connectivity index (χ4n) is 4.68. The molecule has 0 N–H and O–H groups in total. The monoisotopic (exact) mass is 475 g/mol. The van der Waals surface area contributed by atoms with Gasteiger partial charge in [-0.25, -0.2) is 4.79 Å². The summed E-state index contributed by atoms with van der Waals surface area (Å²) in [6.45, 7) is 10.4. The number of hydrogen-bond acceptors (Lipinski definition) is 4. The number of ether oxygens (including phenoxy) is 2. The number of benzene rings is 4. The average molecular weight is 476 g/mol. The van der Waals surface area contributed by atoms with Crippen molar-refractivity contribution in [2.24, 2.45) is 0 Å². The molecule has 0 fully saturated rings. The minimum absolute atomic E-state index is 0.220. The van der Waals surface area contributed by atoms with Crippen LogP contribution in [0.1, 0.15) is 40.9 Å². The highest BCUT2D eigenvalue weighted by atomic mass is 16.5. The molecule has 0 saturated heterocycles. The third-order valence-corrected chi connectivity index (χ3v) is 6.53. The van der Waals surface area contributed by atoms with Crippen LogP contribution in [-0.2, 0) is 11.3 Å². The standard InChI is InChI=1S/C32H29NO3/c1-4-33(5-2)24-16-18-28-30(20-24)36-29-19-22(3)15-17-27(29)31(28)25-13-9-10-14-26(25)32(34)35-21-23-11-7-6-8-12-23/h6-20H,3-5,21H2,1-2H3. The Morgan fingerprint density at radius 2 is 1.58 bits per heavy atom. The van der Waals surface area contributed by atoms with E-state index in [-0.39, 0.29) is 12.6 Å². The van der Waals surface area contributed by atoms with Gasteiger partial charge in [0.05, 0.1) is 5.56 Å². The second-order valence-corrected chi connectivity index (χ2v) is 8.77. The summed E-state index contributed by atoms with van der Waals surface area (Å²) in [6, 6.07) is 29.5. The van der Waals surface area contributed by atoms with Gasteiger partial charge in [0.15, 0.2) is 0 Å². The summed E-state index contributed by atoms with van der Waals surface area (Å²) in [5.41, 5.74) is 5.28. The van der Waals surface area contributed by atoms with Crippen LogP contribution in [0.3, 0.4) is 0 Å². The third kappa shape index (κ3) is 4.50. The molecule has 0 unspecified atom stereocenters. The van der Waals surface area contributed by atoms with Crippen molar-refractivity contribution in [1.29, 1.82) is 0 Å². The van der Waals surface area contributed by atoms with E-state index in [2.05, 4.69) is 43.5 Å². The highest BCUT2D eigenvalue weighted by molar-refractivity contribution is 5.99. The lowest BCUT2D eigenvalue weighted by atomic mass is 9.89. The lowest BCUT2D eigenvalue weighted by Crippen LogP contribution is -2.23. The zero-order chi connectivity index (χ0) is 25.1. The molecule has 5 rings (SSSR count). The first-order chi connectivity index (χ1) is 17.6. The second kappa shape index (κ2) is 10.1. The smallest absolute Gasteiger partial charge is 0.339 e. The van der Waals surface area contributed by atoms with Gasteiger partial charge in [-0.1, -0.05) is 67.2 Å². The zero-order valence-electron chi connectivity index (χ0n) is 20.7. The summed E-state index contributed by atoms with van der Waals surface area (Å²) in [4.78, 5) is 15.6. The molecule has 0 aromatic heterocycles. The Morgan fingerprint density at radius 3 is 2.36 bits per heavy atom. The molecule has 0 bridgehead atoms. The van der Waals surface area contributed by atoms with E-state index in [4.69, 9.17) is 9.47 Å². The Morgan fingerprint density at radius 1 is 0.833 bits per heavy atom. The Labute approximate surface area is 211 Å². The molecule has 4 heteroatoms. The van der Waals surface area contributed by atoms with Gasteiger partial charge in [0.2, 0.25) is 0 Å². The molecule has 0 radical (unpaired) electrons. The van der Waals surface area contributed by atoms with Crippen molar-refractivity contribution in [2.45, 2.75) is 20.5 Å². The van der Waals surface area contributed by atoms with E-state index in [1.165, 1.54) is 0 Å². The molecule has 4 nitrogen and oxygen atoms in total. The first kappa shape index (κ1) is 23.4. The van der Waals surface area contributed by atoms with Gasteiger partial charge in [0, 0.05) is 41.2 Å². The first-order valence-corrected chi connectivity index (χ1v) is 12.3. The van der Waals surface area contributed by atoms with Gasteiger partial charge in [-0.05, 0) is 54.5 Å². The van der Waals surface area contributed by atoms with Crippen LogP contribution in [0.2, 0.25) is 0 Å². The van der Waals surface area contributed by atoms with Crippen molar-refractivity contribution in [2.75, 3.05) is 18.0 Å². The predicted molar refractivity (Wildman–Crippen MR) is 145 cm³/mol. The van der Waals surface area contributed by atoms with Crippen LogP contribution in [-0.4, -0.2) is 19.1 Å². The molecule has 1 aliphatic heterocycles. The Balaban J connectivity index is 1.64. The van der Waals surface area contributed by atoms with E-state index in [9.17, 15) is 4.79 Å². The summed E-state index contributed by atoms with van der Waals surface area (Å²) in [5, 5.41) is 1.79. The minimum atomic E-state index is -0.356. The van der Waals surface area contributed by atoms with Crippen LogP contribution in [0, 0.1) is 0 Å². The lowest BCUT2D eigenvalue weighted by molar-refractivity contribution is 0.0472. The topological polar surface area (TPSA) is 38.8 Å². The lowest BCUT2D eigenvalue weighted by Gasteiger charge is -2.26. The molecule has 0 saturated carbocycles. The first-order valence-electron chi connectivity index (χ1n) is 12.3. The summed E-state index contributed by atoms with van der Waals surface area (Å²) >= 11 is 0. The number of carbonyl (C=O) groups is 1. The van der Waals surface area contributed by atoms with Gasteiger partial charge in [-0.2, -0.15) is 0 Å². The van der Waals surface area contributed by atoms with Gasteiger partial charge >= 0.3 is 5.97 Å². The van der Waals surface area contributed by atoms with E-state index in [1.807, 2.05) is 72.8 Å². The number of fused-ring (bicyclic) bond motifs is 2. The fraction of sp³-hybridized carbons (Fsp3) is 0.156. The van der Waals surface area contributed by atoms with Crippen LogP contribution < -0.4 is 20.1 Å². The Kier molecular flexibility index (Phi) is 6.59. The Bertz CT molecular complexity index is 1520. The van der Waals surface area contributed by atoms with Crippen LogP contribution in [0.4, 0.5) is 5.69 Å². The number of anilines is 1. The number of hydrogen-bond donors (Lipinski definition) is 0. The molecule has 1 heterocycles. The van der Waals surface area contributed by atoms with Crippen LogP contribution in [0.25, 0.3) is 12.2 Å². The SMILES string of the molecule is C=c1ccc2c(c1)Oc1cc(N(CC)CC)ccc1C=2c1ccccc1C(=O)OCc1ccccc1. The molecule has 36 heavy (non-hydrogen) atoms. The van der Waals surface area contributed by atoms with Gasteiger partial charge in [0.1, 0.15) is 18.1 Å². The summed E-state index contributed by atoms with van der Waals surface area (Å²) in [7, 11) is 0. The molecule has 1 aliphatic rings. The van der Waals surface area contributed by atoms with Gasteiger partial charge in [0.25, 0.3) is 0 Å². The maximum atomic E-state index is 13.3. The molecular formula is C32H29NO3. The van der Waals surface area contributed by atoms with Crippen molar-refractivity contribution in [1.82, 2.24) is 0 Å². The van der Waals surface area contributed by atoms with Crippen molar-refractivity contribution >= 4 is 23.8 Å². The number of carbonyl (C=O) groups excluding carboxylic acids is 1. The molecular weight excluding hydrogens is 446 g/mol. The van der Waals surface area contributed by atoms with Gasteiger partial charge in [-0.15, -0.1) is 0 Å². The van der Waals surface area contributed by atoms with E-state index in [0.717, 1.165) is 63.0 Å². The van der Waals surface area contributed by atoms with Crippen LogP contribution >= 0.6 is 0 Å². The largest absolute Gasteiger partial charge is 0.457 e. The van der Waals surface area contributed by atoms with Gasteiger partial charge < -0.3 is 14.4 Å². The minimum Gasteiger partial charge on any atom is -0.457 e. The summed E-state index contributed by atoms with van der Waals surface area (Å²) < 4.78 is 12.1. The highest BCUT2D eigenvalue weighted by Crippen LogP contribution is 2.39. The number of esters is 1. The quantitative estimate of drug-likeness (QED) is 0.285. The normalized spacial score (nSPS) is 11.8. The van der Waals surface area contributed by atoms with E-state index in [0.29, 0.717) is 5.56 Å². The van der Waals surface area contributed by atoms with Crippen molar-refractivity contribution in [3.63, 3.8) is 0 Å². The van der Waals surface area contributed by atoms with E-state index < -0.39 is 0 Å². The van der Waals surface area contributed by atoms with E-state index >= 15 is 0 Å². The molecule has 0 spiro atoms. The maximum absolute atomic E-state index is 13.3. The van der Waals surface area contributed by atoms with Crippen molar-refractivity contribution < 1.29 is 14.3 Å². The van der Waals surface area contributed by atoms with Crippen molar-refractivity contribution in [3.8, 4) is 11.5 Å². The molecule has 0 atom stereocenters. The van der Waals surface area contributed by atoms with E-state index in [1.54, 1.807) is 0 Å². The van der Waals surface area contributed by atoms with Gasteiger partial charge in [-0.3, -0.25) is 0 Å². The molecule has 4 aromatic rings. The van der Waals surface area contributed by atoms with Crippen LogP contribution in [0.5, 0.6) is 11.5 Å². The average Bonchev–Trinajstić information content (AvgIpc) is 2.91. The molecule has 0 aliphatic carbocycles. The number of rotatable bonds is 7. The summed E-state index contributed by atoms with van der Waals surface area (Å²) in [5.74, 6) is 1.14. The fourth-order valence-corrected chi connectivity index (χ4v) is 4.68. The molecule has 0 amide bonds. The zero-order valence-corrected chi connectivity index (χ0v) is 20.7. The summed E-state index contributed by atoms with van der Waals surface area (Å²) in [6.07, 6.45) is 0. The predicted octanol–water partition coefficient (Wildman–Crippen LogP) is 5.65. The highest BCUT2D eigenvalue weighted by Gasteiger charge is 2.25. The molecule has 4 aromatic carbocycles. The van der Waals surface area contributed by atoms with Crippen LogP contribution in [0.15, 0.2) is 91.0 Å². The Hall–Kier alpha value is -4.31. The number of nitrogens with zero attached hydrogens (tertiary/aromatic N) is 1. The molecule has 180 valence electrons. The maximum Gasteiger partial charge on any atom is 0.339 e. The second-order valence-electron chi connectivity index (χ2n) is 8.77. The van der Waals surface area contributed by atoms with Crippen molar-refractivity contribution in [3.05, 3.63) is 124 Å². The third-order valence-electron chi connectivity index (χ3n) is 6.53.